The molecule has 2 saturated heterocycles. The molecule has 0 spiro atoms. The molecule has 0 aliphatic carbocycles. The Hall–Kier alpha value is -1.64. The first kappa shape index (κ1) is 26.0. The Bertz CT molecular complexity index is 885. The van der Waals surface area contributed by atoms with Crippen LogP contribution >= 0.6 is 0 Å². The lowest BCUT2D eigenvalue weighted by Gasteiger charge is -2.34. The summed E-state index contributed by atoms with van der Waals surface area (Å²) in [5, 5.41) is 3.06. The molecule has 2 atom stereocenters. The maximum Gasteiger partial charge on any atom is 0.253 e. The van der Waals surface area contributed by atoms with Crippen LogP contribution in [0.4, 0.5) is 5.69 Å². The van der Waals surface area contributed by atoms with Gasteiger partial charge in [0.05, 0.1) is 10.5 Å². The number of hydrogen-bond donors (Lipinski definition) is 1. The molecule has 0 bridgehead atoms. The summed E-state index contributed by atoms with van der Waals surface area (Å²) >= 11 is 0. The third-order valence-electron chi connectivity index (χ3n) is 6.88. The Balaban J connectivity index is 1.71. The lowest BCUT2D eigenvalue weighted by atomic mass is 9.92. The Morgan fingerprint density at radius 3 is 2.33 bits per heavy atom. The number of anilines is 1. The maximum absolute atomic E-state index is 13.2. The van der Waals surface area contributed by atoms with Crippen LogP contribution in [0, 0.1) is 11.8 Å². The molecule has 2 aliphatic heterocycles. The van der Waals surface area contributed by atoms with Crippen molar-refractivity contribution in [2.45, 2.75) is 58.3 Å². The lowest BCUT2D eigenvalue weighted by Crippen LogP contribution is -2.40. The van der Waals surface area contributed by atoms with E-state index in [1.165, 1.54) is 10.7 Å². The van der Waals surface area contributed by atoms with E-state index in [-0.39, 0.29) is 10.8 Å². The molecule has 2 fully saturated rings. The summed E-state index contributed by atoms with van der Waals surface area (Å²) in [6.45, 7) is 14.7. The normalized spacial score (nSPS) is 22.2. The van der Waals surface area contributed by atoms with Crippen molar-refractivity contribution >= 4 is 21.6 Å². The number of benzene rings is 1. The van der Waals surface area contributed by atoms with Gasteiger partial charge in [0.15, 0.2) is 0 Å². The molecule has 0 saturated carbocycles. The number of nitrogens with zero attached hydrogens (tertiary/aromatic N) is 3. The van der Waals surface area contributed by atoms with Gasteiger partial charge in [-0.2, -0.15) is 4.31 Å². The molecular weight excluding hydrogens is 436 g/mol. The minimum atomic E-state index is -3.62. The average Bonchev–Trinajstić information content (AvgIpc) is 3.31. The molecule has 1 N–H and O–H groups in total. The van der Waals surface area contributed by atoms with Gasteiger partial charge < -0.3 is 15.1 Å². The van der Waals surface area contributed by atoms with Crippen molar-refractivity contribution in [1.29, 1.82) is 0 Å². The number of carbonyl (C=O) groups excluding carboxylic acids is 1. The summed E-state index contributed by atoms with van der Waals surface area (Å²) in [4.78, 5) is 18.1. The van der Waals surface area contributed by atoms with Crippen LogP contribution in [0.3, 0.4) is 0 Å². The summed E-state index contributed by atoms with van der Waals surface area (Å²) in [6, 6.07) is 5.04. The number of amides is 1. The predicted octanol–water partition coefficient (Wildman–Crippen LogP) is 3.42. The molecule has 2 aliphatic rings. The maximum atomic E-state index is 13.2. The molecule has 186 valence electrons. The Morgan fingerprint density at radius 2 is 1.73 bits per heavy atom. The summed E-state index contributed by atoms with van der Waals surface area (Å²) in [5.41, 5.74) is 1.30. The molecular formula is C25H42N4O3S. The van der Waals surface area contributed by atoms with Crippen LogP contribution < -0.4 is 10.2 Å². The topological polar surface area (TPSA) is 73.0 Å². The Morgan fingerprint density at radius 1 is 1.09 bits per heavy atom. The predicted molar refractivity (Wildman–Crippen MR) is 134 cm³/mol. The molecule has 3 rings (SSSR count). The second kappa shape index (κ2) is 11.7. The second-order valence-electron chi connectivity index (χ2n) is 9.78. The van der Waals surface area contributed by atoms with Crippen LogP contribution in [0.5, 0.6) is 0 Å². The Labute approximate surface area is 200 Å². The highest BCUT2D eigenvalue weighted by atomic mass is 32.2. The van der Waals surface area contributed by atoms with E-state index >= 15 is 0 Å². The van der Waals surface area contributed by atoms with Gasteiger partial charge in [-0.1, -0.05) is 27.7 Å². The van der Waals surface area contributed by atoms with E-state index in [2.05, 4.69) is 29.0 Å². The smallest absolute Gasteiger partial charge is 0.253 e. The Kier molecular flexibility index (Phi) is 9.18. The molecule has 0 radical (unpaired) electrons. The molecule has 1 aromatic rings. The largest absolute Gasteiger partial charge is 0.371 e. The van der Waals surface area contributed by atoms with E-state index in [9.17, 15) is 13.2 Å². The highest BCUT2D eigenvalue weighted by Crippen LogP contribution is 2.28. The number of hydrogen-bond acceptors (Lipinski definition) is 5. The van der Waals surface area contributed by atoms with Crippen molar-refractivity contribution < 1.29 is 13.2 Å². The molecule has 7 nitrogen and oxygen atoms in total. The molecule has 0 aromatic heterocycles. The van der Waals surface area contributed by atoms with Crippen LogP contribution in [0.25, 0.3) is 0 Å². The lowest BCUT2D eigenvalue weighted by molar-refractivity contribution is 0.0947. The van der Waals surface area contributed by atoms with Gasteiger partial charge in [-0.15, -0.1) is 0 Å². The van der Waals surface area contributed by atoms with E-state index < -0.39 is 10.0 Å². The average molecular weight is 479 g/mol. The van der Waals surface area contributed by atoms with Gasteiger partial charge in [-0.3, -0.25) is 4.79 Å². The van der Waals surface area contributed by atoms with E-state index in [1.807, 2.05) is 19.9 Å². The minimum absolute atomic E-state index is 0.186. The quantitative estimate of drug-likeness (QED) is 0.522. The molecule has 33 heavy (non-hydrogen) atoms. The number of carbonyl (C=O) groups is 1. The highest BCUT2D eigenvalue weighted by Gasteiger charge is 2.26. The van der Waals surface area contributed by atoms with Gasteiger partial charge >= 0.3 is 0 Å². The van der Waals surface area contributed by atoms with Gasteiger partial charge in [0.25, 0.3) is 5.91 Å². The molecule has 1 aromatic carbocycles. The van der Waals surface area contributed by atoms with Crippen molar-refractivity contribution in [3.05, 3.63) is 23.8 Å². The zero-order chi connectivity index (χ0) is 24.0. The van der Waals surface area contributed by atoms with Crippen LogP contribution in [0.2, 0.25) is 0 Å². The highest BCUT2D eigenvalue weighted by molar-refractivity contribution is 7.89. The molecule has 2 unspecified atom stereocenters. The summed E-state index contributed by atoms with van der Waals surface area (Å²) < 4.78 is 27.6. The van der Waals surface area contributed by atoms with Crippen molar-refractivity contribution in [3.63, 3.8) is 0 Å². The molecule has 1 amide bonds. The number of piperidine rings is 1. The zero-order valence-electron chi connectivity index (χ0n) is 20.8. The molecule has 8 heteroatoms. The number of sulfonamides is 1. The van der Waals surface area contributed by atoms with Gasteiger partial charge in [-0.05, 0) is 62.3 Å². The van der Waals surface area contributed by atoms with Gasteiger partial charge in [0.2, 0.25) is 10.0 Å². The van der Waals surface area contributed by atoms with E-state index in [0.717, 1.165) is 69.5 Å². The monoisotopic (exact) mass is 478 g/mol. The first-order valence-corrected chi connectivity index (χ1v) is 14.1. The van der Waals surface area contributed by atoms with Crippen molar-refractivity contribution in [1.82, 2.24) is 14.5 Å². The fourth-order valence-corrected chi connectivity index (χ4v) is 6.86. The fourth-order valence-electron chi connectivity index (χ4n) is 5.38. The van der Waals surface area contributed by atoms with Gasteiger partial charge in [0.1, 0.15) is 0 Å². The van der Waals surface area contributed by atoms with Crippen LogP contribution in [0.15, 0.2) is 23.1 Å². The second-order valence-corrected chi connectivity index (χ2v) is 11.7. The minimum Gasteiger partial charge on any atom is -0.371 e. The van der Waals surface area contributed by atoms with Crippen LogP contribution in [0.1, 0.15) is 63.7 Å². The zero-order valence-corrected chi connectivity index (χ0v) is 21.7. The van der Waals surface area contributed by atoms with Crippen molar-refractivity contribution in [2.24, 2.45) is 11.8 Å². The van der Waals surface area contributed by atoms with E-state index in [4.69, 9.17) is 0 Å². The van der Waals surface area contributed by atoms with Gasteiger partial charge in [0, 0.05) is 51.5 Å². The number of nitrogens with one attached hydrogen (secondary N) is 1. The van der Waals surface area contributed by atoms with Crippen LogP contribution in [-0.2, 0) is 10.0 Å². The first-order chi connectivity index (χ1) is 15.8. The number of rotatable bonds is 10. The molecule has 2 heterocycles. The van der Waals surface area contributed by atoms with E-state index in [0.29, 0.717) is 25.2 Å². The van der Waals surface area contributed by atoms with Crippen LogP contribution in [-0.4, -0.2) is 75.9 Å². The summed E-state index contributed by atoms with van der Waals surface area (Å²) in [6.07, 6.45) is 4.36. The standard InChI is InChI=1S/C25H42N4O3S/c1-5-29(6-2)33(31,32)22-10-11-24(28-14-7-8-15-28)23(17-22)25(30)26-12-9-13-27-18-20(3)16-21(4)19-27/h10-11,17,20-21H,5-9,12-16,18-19H2,1-4H3,(H,26,30). The van der Waals surface area contributed by atoms with E-state index in [1.54, 1.807) is 12.1 Å². The van der Waals surface area contributed by atoms with Crippen molar-refractivity contribution in [2.75, 3.05) is 57.3 Å². The third kappa shape index (κ3) is 6.49. The third-order valence-corrected chi connectivity index (χ3v) is 8.93. The summed E-state index contributed by atoms with van der Waals surface area (Å²) in [7, 11) is -3.62. The first-order valence-electron chi connectivity index (χ1n) is 12.7. The van der Waals surface area contributed by atoms with Gasteiger partial charge in [-0.25, -0.2) is 8.42 Å². The fraction of sp³-hybridized carbons (Fsp3) is 0.720. The van der Waals surface area contributed by atoms with Crippen molar-refractivity contribution in [3.8, 4) is 0 Å². The number of likely N-dealkylation sites (tertiary alicyclic amines) is 1. The SMILES string of the molecule is CCN(CC)S(=O)(=O)c1ccc(N2CCCC2)c(C(=O)NCCCN2CC(C)CC(C)C2)c1. The summed E-state index contributed by atoms with van der Waals surface area (Å²) in [5.74, 6) is 1.26.